The molecule has 0 atom stereocenters. The minimum absolute atomic E-state index is 0.478. The lowest BCUT2D eigenvalue weighted by Crippen LogP contribution is -2.12. The van der Waals surface area contributed by atoms with E-state index in [0.717, 1.165) is 34.7 Å². The summed E-state index contributed by atoms with van der Waals surface area (Å²) in [7, 11) is 1.65. The summed E-state index contributed by atoms with van der Waals surface area (Å²) < 4.78 is 7.07. The van der Waals surface area contributed by atoms with Gasteiger partial charge >= 0.3 is 0 Å². The predicted molar refractivity (Wildman–Crippen MR) is 116 cm³/mol. The van der Waals surface area contributed by atoms with Crippen molar-refractivity contribution in [3.63, 3.8) is 0 Å². The molecule has 2 aromatic heterocycles. The first-order valence-corrected chi connectivity index (χ1v) is 9.60. The Morgan fingerprint density at radius 3 is 2.45 bits per heavy atom. The Balaban J connectivity index is 1.77. The highest BCUT2D eigenvalue weighted by molar-refractivity contribution is 5.90. The number of fused-ring (bicyclic) bond motifs is 1. The first kappa shape index (κ1) is 18.7. The maximum atomic E-state index is 5.24. The van der Waals surface area contributed by atoms with Crippen LogP contribution in [0.1, 0.15) is 13.8 Å². The second-order valence-corrected chi connectivity index (χ2v) is 7.15. The second-order valence-electron chi connectivity index (χ2n) is 7.15. The number of anilines is 3. The summed E-state index contributed by atoms with van der Waals surface area (Å²) in [5.41, 5.74) is 2.60. The largest absolute Gasteiger partial charge is 0.497 e. The van der Waals surface area contributed by atoms with E-state index in [1.807, 2.05) is 59.3 Å². The van der Waals surface area contributed by atoms with E-state index < -0.39 is 0 Å². The summed E-state index contributed by atoms with van der Waals surface area (Å²) in [6, 6.07) is 17.7. The van der Waals surface area contributed by atoms with E-state index in [4.69, 9.17) is 14.7 Å². The fourth-order valence-electron chi connectivity index (χ4n) is 2.95. The Hall–Kier alpha value is -3.61. The first-order valence-electron chi connectivity index (χ1n) is 9.60. The average molecular weight is 388 g/mol. The lowest BCUT2D eigenvalue weighted by Gasteiger charge is -2.12. The summed E-state index contributed by atoms with van der Waals surface area (Å²) >= 11 is 0. The van der Waals surface area contributed by atoms with Crippen molar-refractivity contribution in [2.45, 2.75) is 13.8 Å². The van der Waals surface area contributed by atoms with E-state index in [9.17, 15) is 0 Å². The highest BCUT2D eigenvalue weighted by Gasteiger charge is 2.14. The van der Waals surface area contributed by atoms with E-state index in [2.05, 4.69) is 29.6 Å². The molecule has 148 valence electrons. The van der Waals surface area contributed by atoms with E-state index in [1.54, 1.807) is 13.3 Å². The topological polar surface area (TPSA) is 76.9 Å². The maximum absolute atomic E-state index is 5.24. The molecule has 4 aromatic rings. The monoisotopic (exact) mass is 388 g/mol. The van der Waals surface area contributed by atoms with Crippen LogP contribution in [0.25, 0.3) is 16.7 Å². The maximum Gasteiger partial charge on any atom is 0.226 e. The van der Waals surface area contributed by atoms with Crippen LogP contribution in [-0.4, -0.2) is 33.4 Å². The van der Waals surface area contributed by atoms with Crippen molar-refractivity contribution >= 4 is 28.5 Å². The smallest absolute Gasteiger partial charge is 0.226 e. The molecule has 2 aromatic carbocycles. The molecule has 0 aliphatic rings. The molecular weight excluding hydrogens is 364 g/mol. The van der Waals surface area contributed by atoms with Gasteiger partial charge < -0.3 is 15.4 Å². The molecule has 0 amide bonds. The highest BCUT2D eigenvalue weighted by Crippen LogP contribution is 2.27. The van der Waals surface area contributed by atoms with E-state index in [0.29, 0.717) is 17.7 Å². The number of hydrogen-bond acceptors (Lipinski definition) is 6. The minimum atomic E-state index is 0.478. The van der Waals surface area contributed by atoms with Gasteiger partial charge in [0.2, 0.25) is 5.95 Å². The number of nitrogens with zero attached hydrogens (tertiary/aromatic N) is 4. The number of para-hydroxylation sites is 1. The van der Waals surface area contributed by atoms with Gasteiger partial charge in [0.05, 0.1) is 24.4 Å². The molecule has 4 rings (SSSR count). The van der Waals surface area contributed by atoms with Crippen LogP contribution in [0, 0.1) is 5.92 Å². The molecule has 0 bridgehead atoms. The summed E-state index contributed by atoms with van der Waals surface area (Å²) in [5.74, 6) is 2.55. The van der Waals surface area contributed by atoms with Gasteiger partial charge in [-0.3, -0.25) is 0 Å². The molecule has 2 N–H and O–H groups in total. The number of aromatic nitrogens is 4. The SMILES string of the molecule is COc1ccc(Nc2nc(NCC(C)C)nc3c2cnn3-c2ccccc2)cc1. The number of ether oxygens (including phenoxy) is 1. The molecule has 0 aliphatic heterocycles. The van der Waals surface area contributed by atoms with Crippen molar-refractivity contribution in [3.05, 3.63) is 60.8 Å². The van der Waals surface area contributed by atoms with Crippen molar-refractivity contribution in [2.24, 2.45) is 5.92 Å². The van der Waals surface area contributed by atoms with Crippen LogP contribution in [0.5, 0.6) is 5.75 Å². The highest BCUT2D eigenvalue weighted by atomic mass is 16.5. The molecule has 0 fully saturated rings. The molecule has 0 spiro atoms. The van der Waals surface area contributed by atoms with E-state index >= 15 is 0 Å². The summed E-state index contributed by atoms with van der Waals surface area (Å²) in [6.07, 6.45) is 1.79. The van der Waals surface area contributed by atoms with Gasteiger partial charge in [-0.1, -0.05) is 32.0 Å². The summed E-state index contributed by atoms with van der Waals surface area (Å²) in [4.78, 5) is 9.43. The fourth-order valence-corrected chi connectivity index (χ4v) is 2.95. The number of benzene rings is 2. The number of hydrogen-bond donors (Lipinski definition) is 2. The number of nitrogens with one attached hydrogen (secondary N) is 2. The van der Waals surface area contributed by atoms with Gasteiger partial charge in [0.25, 0.3) is 0 Å². The third-order valence-corrected chi connectivity index (χ3v) is 4.45. The Kier molecular flexibility index (Phi) is 5.29. The van der Waals surface area contributed by atoms with E-state index in [1.165, 1.54) is 0 Å². The van der Waals surface area contributed by atoms with Crippen molar-refractivity contribution in [2.75, 3.05) is 24.3 Å². The molecular formula is C22H24N6O. The average Bonchev–Trinajstić information content (AvgIpc) is 3.18. The molecule has 0 aliphatic carbocycles. The lowest BCUT2D eigenvalue weighted by atomic mass is 10.2. The second kappa shape index (κ2) is 8.18. The van der Waals surface area contributed by atoms with Gasteiger partial charge in [0, 0.05) is 12.2 Å². The predicted octanol–water partition coefficient (Wildman–Crippen LogP) is 4.64. The van der Waals surface area contributed by atoms with Gasteiger partial charge in [0.1, 0.15) is 11.6 Å². The van der Waals surface area contributed by atoms with Gasteiger partial charge in [-0.2, -0.15) is 15.1 Å². The van der Waals surface area contributed by atoms with Crippen LogP contribution in [0.2, 0.25) is 0 Å². The quantitative estimate of drug-likeness (QED) is 0.480. The van der Waals surface area contributed by atoms with Crippen molar-refractivity contribution in [1.29, 1.82) is 0 Å². The van der Waals surface area contributed by atoms with Crippen LogP contribution >= 0.6 is 0 Å². The van der Waals surface area contributed by atoms with Gasteiger partial charge in [0.15, 0.2) is 5.65 Å². The van der Waals surface area contributed by atoms with Crippen LogP contribution in [0.4, 0.5) is 17.5 Å². The van der Waals surface area contributed by atoms with Gasteiger partial charge in [-0.25, -0.2) is 4.68 Å². The summed E-state index contributed by atoms with van der Waals surface area (Å²) in [5, 5.41) is 12.1. The molecule has 0 saturated heterocycles. The Morgan fingerprint density at radius 1 is 1.00 bits per heavy atom. The Bertz CT molecular complexity index is 1090. The van der Waals surface area contributed by atoms with Crippen LogP contribution in [0.15, 0.2) is 60.8 Å². The zero-order valence-electron chi connectivity index (χ0n) is 16.8. The standard InChI is InChI=1S/C22H24N6O/c1-15(2)13-23-22-26-20(25-16-9-11-18(29-3)12-10-16)19-14-24-28(21(19)27-22)17-7-5-4-6-8-17/h4-12,14-15H,13H2,1-3H3,(H2,23,25,26,27). The zero-order valence-corrected chi connectivity index (χ0v) is 16.8. The molecule has 0 saturated carbocycles. The first-order chi connectivity index (χ1) is 14.1. The minimum Gasteiger partial charge on any atom is -0.497 e. The third-order valence-electron chi connectivity index (χ3n) is 4.45. The third kappa shape index (κ3) is 4.13. The Labute approximate surface area is 169 Å². The van der Waals surface area contributed by atoms with Gasteiger partial charge in [-0.05, 0) is 42.3 Å². The molecule has 29 heavy (non-hydrogen) atoms. The molecule has 7 heteroatoms. The summed E-state index contributed by atoms with van der Waals surface area (Å²) in [6.45, 7) is 5.08. The normalized spacial score (nSPS) is 11.0. The van der Waals surface area contributed by atoms with Crippen molar-refractivity contribution < 1.29 is 4.74 Å². The molecule has 0 unspecified atom stereocenters. The van der Waals surface area contributed by atoms with E-state index in [-0.39, 0.29) is 0 Å². The van der Waals surface area contributed by atoms with Gasteiger partial charge in [-0.15, -0.1) is 0 Å². The van der Waals surface area contributed by atoms with Crippen LogP contribution < -0.4 is 15.4 Å². The fraction of sp³-hybridized carbons (Fsp3) is 0.227. The molecule has 0 radical (unpaired) electrons. The van der Waals surface area contributed by atoms with Crippen molar-refractivity contribution in [1.82, 2.24) is 19.7 Å². The lowest BCUT2D eigenvalue weighted by molar-refractivity contribution is 0.415. The van der Waals surface area contributed by atoms with Crippen LogP contribution in [0.3, 0.4) is 0 Å². The molecule has 2 heterocycles. The zero-order chi connectivity index (χ0) is 20.2. The number of methoxy groups -OCH3 is 1. The Morgan fingerprint density at radius 2 is 1.76 bits per heavy atom. The molecule has 7 nitrogen and oxygen atoms in total. The number of rotatable bonds is 7. The van der Waals surface area contributed by atoms with Crippen LogP contribution in [-0.2, 0) is 0 Å². The van der Waals surface area contributed by atoms with Crippen molar-refractivity contribution in [3.8, 4) is 11.4 Å².